The molecule has 0 saturated heterocycles. The second-order valence-electron chi connectivity index (χ2n) is 3.21. The van der Waals surface area contributed by atoms with Gasteiger partial charge in [0.1, 0.15) is 4.83 Å². The average Bonchev–Trinajstić information content (AvgIpc) is 2.96. The molecule has 0 aliphatic rings. The third-order valence-electron chi connectivity index (χ3n) is 2.07. The second kappa shape index (κ2) is 4.56. The lowest BCUT2D eigenvalue weighted by molar-refractivity contribution is 0.112. The monoisotopic (exact) mass is 278 g/mol. The topological polar surface area (TPSA) is 42.9 Å². The molecule has 3 rings (SSSR count). The van der Waals surface area contributed by atoms with Crippen LogP contribution in [0.1, 0.15) is 9.67 Å². The number of hydrogen-bond donors (Lipinski definition) is 0. The fraction of sp³-hybridized carbons (Fsp3) is 0. The highest BCUT2D eigenvalue weighted by molar-refractivity contribution is 8.01. The van der Waals surface area contributed by atoms with E-state index < -0.39 is 0 Å². The minimum Gasteiger partial charge on any atom is -0.297 e. The van der Waals surface area contributed by atoms with Crippen LogP contribution >= 0.6 is 34.4 Å². The zero-order chi connectivity index (χ0) is 11.7. The van der Waals surface area contributed by atoms with Gasteiger partial charge in [0, 0.05) is 11.6 Å². The normalized spacial score (nSPS) is 10.8. The molecule has 3 aromatic rings. The lowest BCUT2D eigenvalue weighted by Crippen LogP contribution is -1.82. The number of aldehydes is 1. The molecule has 3 nitrogen and oxygen atoms in total. The highest BCUT2D eigenvalue weighted by atomic mass is 32.2. The maximum absolute atomic E-state index is 10.7. The smallest absolute Gasteiger partial charge is 0.194 e. The predicted octanol–water partition coefficient (Wildman–Crippen LogP) is 3.72. The quantitative estimate of drug-likeness (QED) is 0.541. The third kappa shape index (κ3) is 2.24. The van der Waals surface area contributed by atoms with Crippen molar-refractivity contribution < 1.29 is 4.79 Å². The largest absolute Gasteiger partial charge is 0.297 e. The van der Waals surface area contributed by atoms with Crippen LogP contribution in [0.25, 0.3) is 10.2 Å². The molecule has 0 saturated carbocycles. The molecule has 3 aromatic heterocycles. The number of thiophene rings is 2. The molecular weight excluding hydrogens is 272 g/mol. The molecule has 0 N–H and O–H groups in total. The van der Waals surface area contributed by atoms with E-state index in [1.165, 1.54) is 11.3 Å². The van der Waals surface area contributed by atoms with E-state index in [-0.39, 0.29) is 0 Å². The Morgan fingerprint density at radius 3 is 3.12 bits per heavy atom. The zero-order valence-corrected chi connectivity index (χ0v) is 10.9. The highest BCUT2D eigenvalue weighted by Gasteiger charge is 2.06. The van der Waals surface area contributed by atoms with E-state index in [0.717, 1.165) is 25.9 Å². The minimum absolute atomic E-state index is 0.688. The summed E-state index contributed by atoms with van der Waals surface area (Å²) >= 11 is 4.60. The van der Waals surface area contributed by atoms with E-state index in [1.807, 2.05) is 23.6 Å². The van der Waals surface area contributed by atoms with Crippen LogP contribution in [-0.2, 0) is 0 Å². The first-order chi connectivity index (χ1) is 8.35. The number of fused-ring (bicyclic) bond motifs is 1. The van der Waals surface area contributed by atoms with Crippen molar-refractivity contribution in [1.29, 1.82) is 0 Å². The van der Waals surface area contributed by atoms with E-state index in [0.29, 0.717) is 4.88 Å². The van der Waals surface area contributed by atoms with Crippen molar-refractivity contribution in [1.82, 2.24) is 9.97 Å². The SMILES string of the molecule is O=Cc1cc2cnc(Sc3cccs3)nc2s1. The number of carbonyl (C=O) groups is 1. The van der Waals surface area contributed by atoms with Crippen LogP contribution in [0.4, 0.5) is 0 Å². The van der Waals surface area contributed by atoms with Crippen LogP contribution in [-0.4, -0.2) is 16.3 Å². The zero-order valence-electron chi connectivity index (χ0n) is 8.49. The number of rotatable bonds is 3. The van der Waals surface area contributed by atoms with Gasteiger partial charge in [-0.05, 0) is 29.3 Å². The van der Waals surface area contributed by atoms with Crippen molar-refractivity contribution in [3.63, 3.8) is 0 Å². The van der Waals surface area contributed by atoms with Gasteiger partial charge in [-0.25, -0.2) is 9.97 Å². The molecule has 0 unspecified atom stereocenters. The summed E-state index contributed by atoms with van der Waals surface area (Å²) in [5, 5.41) is 3.67. The Labute approximate surface area is 110 Å². The van der Waals surface area contributed by atoms with Gasteiger partial charge in [0.2, 0.25) is 0 Å². The first kappa shape index (κ1) is 10.9. The summed E-state index contributed by atoms with van der Waals surface area (Å²) in [5.74, 6) is 0. The standard InChI is InChI=1S/C11H6N2OS3/c14-6-8-4-7-5-12-11(13-10(7)16-8)17-9-2-1-3-15-9/h1-6H. The van der Waals surface area contributed by atoms with Crippen molar-refractivity contribution in [2.75, 3.05) is 0 Å². The van der Waals surface area contributed by atoms with Crippen molar-refractivity contribution in [3.8, 4) is 0 Å². The van der Waals surface area contributed by atoms with E-state index in [4.69, 9.17) is 0 Å². The number of carbonyl (C=O) groups excluding carboxylic acids is 1. The lowest BCUT2D eigenvalue weighted by atomic mass is 10.4. The molecule has 0 atom stereocenters. The number of aromatic nitrogens is 2. The van der Waals surface area contributed by atoms with Crippen LogP contribution in [0.2, 0.25) is 0 Å². The highest BCUT2D eigenvalue weighted by Crippen LogP contribution is 2.31. The first-order valence-corrected chi connectivity index (χ1v) is 7.29. The van der Waals surface area contributed by atoms with E-state index in [9.17, 15) is 4.79 Å². The molecule has 84 valence electrons. The second-order valence-corrected chi connectivity index (χ2v) is 6.49. The van der Waals surface area contributed by atoms with Gasteiger partial charge >= 0.3 is 0 Å². The van der Waals surface area contributed by atoms with E-state index >= 15 is 0 Å². The van der Waals surface area contributed by atoms with Gasteiger partial charge in [0.25, 0.3) is 0 Å². The summed E-state index contributed by atoms with van der Waals surface area (Å²) in [6.45, 7) is 0. The Morgan fingerprint density at radius 1 is 1.41 bits per heavy atom. The molecule has 0 fully saturated rings. The molecule has 0 aliphatic carbocycles. The third-order valence-corrected chi connectivity index (χ3v) is 4.96. The van der Waals surface area contributed by atoms with Crippen molar-refractivity contribution in [2.45, 2.75) is 9.37 Å². The Morgan fingerprint density at radius 2 is 2.35 bits per heavy atom. The molecular formula is C11H6N2OS3. The fourth-order valence-corrected chi connectivity index (χ4v) is 3.83. The van der Waals surface area contributed by atoms with Gasteiger partial charge in [0.05, 0.1) is 9.09 Å². The maximum atomic E-state index is 10.7. The van der Waals surface area contributed by atoms with Gasteiger partial charge in [-0.3, -0.25) is 4.79 Å². The predicted molar refractivity (Wildman–Crippen MR) is 71.2 cm³/mol. The van der Waals surface area contributed by atoms with Crippen molar-refractivity contribution in [3.05, 3.63) is 34.7 Å². The fourth-order valence-electron chi connectivity index (χ4n) is 1.35. The molecule has 17 heavy (non-hydrogen) atoms. The lowest BCUT2D eigenvalue weighted by Gasteiger charge is -1.95. The summed E-state index contributed by atoms with van der Waals surface area (Å²) in [5.41, 5.74) is 0. The average molecular weight is 278 g/mol. The van der Waals surface area contributed by atoms with Gasteiger partial charge in [-0.1, -0.05) is 6.07 Å². The van der Waals surface area contributed by atoms with Gasteiger partial charge in [0.15, 0.2) is 11.4 Å². The summed E-state index contributed by atoms with van der Waals surface area (Å²) in [4.78, 5) is 20.9. The molecule has 3 heterocycles. The molecule has 0 aliphatic heterocycles. The molecule has 0 aromatic carbocycles. The van der Waals surface area contributed by atoms with Crippen LogP contribution in [0, 0.1) is 0 Å². The Hall–Kier alpha value is -1.24. The van der Waals surface area contributed by atoms with E-state index in [2.05, 4.69) is 9.97 Å². The number of nitrogens with zero attached hydrogens (tertiary/aromatic N) is 2. The minimum atomic E-state index is 0.688. The summed E-state index contributed by atoms with van der Waals surface area (Å²) < 4.78 is 1.16. The van der Waals surface area contributed by atoms with Gasteiger partial charge < -0.3 is 0 Å². The van der Waals surface area contributed by atoms with Crippen molar-refractivity contribution in [2.24, 2.45) is 0 Å². The molecule has 0 bridgehead atoms. The molecule has 0 amide bonds. The summed E-state index contributed by atoms with van der Waals surface area (Å²) in [7, 11) is 0. The molecule has 6 heteroatoms. The molecule has 0 radical (unpaired) electrons. The Balaban J connectivity index is 1.98. The summed E-state index contributed by atoms with van der Waals surface area (Å²) in [6.07, 6.45) is 2.61. The maximum Gasteiger partial charge on any atom is 0.194 e. The first-order valence-electron chi connectivity index (χ1n) is 4.78. The van der Waals surface area contributed by atoms with E-state index in [1.54, 1.807) is 29.3 Å². The van der Waals surface area contributed by atoms with Crippen LogP contribution in [0.3, 0.4) is 0 Å². The van der Waals surface area contributed by atoms with Gasteiger partial charge in [-0.15, -0.1) is 22.7 Å². The van der Waals surface area contributed by atoms with Crippen LogP contribution in [0.15, 0.2) is 39.1 Å². The summed E-state index contributed by atoms with van der Waals surface area (Å²) in [6, 6.07) is 5.85. The van der Waals surface area contributed by atoms with Crippen LogP contribution in [0.5, 0.6) is 0 Å². The molecule has 0 spiro atoms. The van der Waals surface area contributed by atoms with Crippen molar-refractivity contribution >= 4 is 50.9 Å². The van der Waals surface area contributed by atoms with Gasteiger partial charge in [-0.2, -0.15) is 0 Å². The Bertz CT molecular complexity index is 660. The number of hydrogen-bond acceptors (Lipinski definition) is 6. The van der Waals surface area contributed by atoms with Crippen LogP contribution < -0.4 is 0 Å². The Kier molecular flexibility index (Phi) is 2.92.